The molecule has 0 amide bonds. The van der Waals surface area contributed by atoms with Gasteiger partial charge < -0.3 is 5.73 Å². The third kappa shape index (κ3) is 1.84. The van der Waals surface area contributed by atoms with Crippen LogP contribution in [0.25, 0.3) is 0 Å². The van der Waals surface area contributed by atoms with Crippen molar-refractivity contribution in [3.8, 4) is 0 Å². The number of hydrogen-bond donors (Lipinski definition) is 1. The second kappa shape index (κ2) is 3.99. The molecule has 2 N–H and O–H groups in total. The van der Waals surface area contributed by atoms with Crippen LogP contribution in [0.4, 0.5) is 0 Å². The van der Waals surface area contributed by atoms with Crippen molar-refractivity contribution < 1.29 is 0 Å². The van der Waals surface area contributed by atoms with E-state index in [2.05, 4.69) is 4.98 Å². The van der Waals surface area contributed by atoms with E-state index in [0.717, 1.165) is 0 Å². The summed E-state index contributed by atoms with van der Waals surface area (Å²) < 4.78 is 2.22. The zero-order chi connectivity index (χ0) is 9.14. The van der Waals surface area contributed by atoms with E-state index in [9.17, 15) is 4.79 Å². The largest absolute Gasteiger partial charge is 0.329 e. The predicted octanol–water partition coefficient (Wildman–Crippen LogP) is 0.115. The minimum Gasteiger partial charge on any atom is -0.329 e. The summed E-state index contributed by atoms with van der Waals surface area (Å²) in [5.74, 6) is 0.714. The summed E-state index contributed by atoms with van der Waals surface area (Å²) in [7, 11) is 0. The lowest BCUT2D eigenvalue weighted by atomic mass is 10.5. The van der Waals surface area contributed by atoms with Gasteiger partial charge in [-0.3, -0.25) is 9.36 Å². The van der Waals surface area contributed by atoms with Gasteiger partial charge in [-0.1, -0.05) is 0 Å². The molecule has 12 heavy (non-hydrogen) atoms. The Morgan fingerprint density at radius 2 is 2.42 bits per heavy atom. The standard InChI is InChI=1S/C7H10IN3O/c1-5-10-4-6(8)7(12)11(5)3-2-9/h4H,2-3,9H2,1H3. The van der Waals surface area contributed by atoms with Gasteiger partial charge >= 0.3 is 0 Å². The molecule has 1 aromatic heterocycles. The Balaban J connectivity index is 3.24. The average Bonchev–Trinajstić information content (AvgIpc) is 2.06. The highest BCUT2D eigenvalue weighted by Crippen LogP contribution is 1.96. The molecule has 5 heteroatoms. The van der Waals surface area contributed by atoms with E-state index in [0.29, 0.717) is 22.5 Å². The van der Waals surface area contributed by atoms with Crippen molar-refractivity contribution >= 4 is 22.6 Å². The lowest BCUT2D eigenvalue weighted by molar-refractivity contribution is 0.636. The number of nitrogens with two attached hydrogens (primary N) is 1. The Kier molecular flexibility index (Phi) is 3.21. The van der Waals surface area contributed by atoms with Crippen LogP contribution in [-0.2, 0) is 6.54 Å². The Morgan fingerprint density at radius 1 is 1.75 bits per heavy atom. The highest BCUT2D eigenvalue weighted by Gasteiger charge is 2.02. The fraction of sp³-hybridized carbons (Fsp3) is 0.429. The Morgan fingerprint density at radius 3 is 3.00 bits per heavy atom. The van der Waals surface area contributed by atoms with Crippen LogP contribution < -0.4 is 11.3 Å². The molecule has 1 rings (SSSR count). The zero-order valence-electron chi connectivity index (χ0n) is 6.75. The number of hydrogen-bond acceptors (Lipinski definition) is 3. The van der Waals surface area contributed by atoms with Crippen LogP contribution in [0.1, 0.15) is 5.82 Å². The molecule has 1 aromatic rings. The topological polar surface area (TPSA) is 60.9 Å². The minimum absolute atomic E-state index is 0.00597. The summed E-state index contributed by atoms with van der Waals surface area (Å²) in [5, 5.41) is 0. The number of nitrogens with zero attached hydrogens (tertiary/aromatic N) is 2. The average molecular weight is 279 g/mol. The quantitative estimate of drug-likeness (QED) is 0.782. The van der Waals surface area contributed by atoms with Gasteiger partial charge in [0, 0.05) is 19.3 Å². The molecular formula is C7H10IN3O. The highest BCUT2D eigenvalue weighted by molar-refractivity contribution is 14.1. The van der Waals surface area contributed by atoms with Gasteiger partial charge in [-0.25, -0.2) is 4.98 Å². The molecule has 0 fully saturated rings. The smallest absolute Gasteiger partial charge is 0.266 e. The summed E-state index contributed by atoms with van der Waals surface area (Å²) in [6.07, 6.45) is 1.57. The van der Waals surface area contributed by atoms with Crippen molar-refractivity contribution in [1.82, 2.24) is 9.55 Å². The monoisotopic (exact) mass is 279 g/mol. The lowest BCUT2D eigenvalue weighted by Crippen LogP contribution is -2.28. The summed E-state index contributed by atoms with van der Waals surface area (Å²) in [5.41, 5.74) is 5.35. The van der Waals surface area contributed by atoms with E-state index in [-0.39, 0.29) is 5.56 Å². The second-order valence-corrected chi connectivity index (χ2v) is 3.56. The minimum atomic E-state index is -0.00597. The molecule has 0 unspecified atom stereocenters. The van der Waals surface area contributed by atoms with Gasteiger partial charge in [0.15, 0.2) is 0 Å². The fourth-order valence-electron chi connectivity index (χ4n) is 0.943. The predicted molar refractivity (Wildman–Crippen MR) is 55.0 cm³/mol. The van der Waals surface area contributed by atoms with Crippen molar-refractivity contribution in [3.63, 3.8) is 0 Å². The van der Waals surface area contributed by atoms with Gasteiger partial charge in [-0.2, -0.15) is 0 Å². The Labute approximate surface area is 83.9 Å². The molecule has 0 spiro atoms. The van der Waals surface area contributed by atoms with Crippen molar-refractivity contribution in [1.29, 1.82) is 0 Å². The first-order valence-electron chi connectivity index (χ1n) is 3.59. The first kappa shape index (κ1) is 9.66. The van der Waals surface area contributed by atoms with Crippen molar-refractivity contribution in [3.05, 3.63) is 25.9 Å². The molecule has 66 valence electrons. The van der Waals surface area contributed by atoms with Crippen molar-refractivity contribution in [2.24, 2.45) is 5.73 Å². The molecule has 4 nitrogen and oxygen atoms in total. The molecule has 1 heterocycles. The van der Waals surface area contributed by atoms with Gasteiger partial charge in [0.2, 0.25) is 0 Å². The number of halogens is 1. The van der Waals surface area contributed by atoms with Crippen LogP contribution in [-0.4, -0.2) is 16.1 Å². The highest BCUT2D eigenvalue weighted by atomic mass is 127. The van der Waals surface area contributed by atoms with Crippen LogP contribution in [0.15, 0.2) is 11.0 Å². The van der Waals surface area contributed by atoms with Crippen LogP contribution in [0.2, 0.25) is 0 Å². The van der Waals surface area contributed by atoms with E-state index in [1.54, 1.807) is 17.7 Å². The fourth-order valence-corrected chi connectivity index (χ4v) is 1.37. The number of rotatable bonds is 2. The molecule has 0 aliphatic carbocycles. The summed E-state index contributed by atoms with van der Waals surface area (Å²) in [6, 6.07) is 0. The second-order valence-electron chi connectivity index (χ2n) is 2.40. The van der Waals surface area contributed by atoms with Crippen LogP contribution >= 0.6 is 22.6 Å². The van der Waals surface area contributed by atoms with Crippen molar-refractivity contribution in [2.45, 2.75) is 13.5 Å². The van der Waals surface area contributed by atoms with Crippen LogP contribution in [0, 0.1) is 10.5 Å². The van der Waals surface area contributed by atoms with E-state index in [1.807, 2.05) is 22.6 Å². The Bertz CT molecular complexity index is 334. The lowest BCUT2D eigenvalue weighted by Gasteiger charge is -2.06. The van der Waals surface area contributed by atoms with Gasteiger partial charge in [-0.15, -0.1) is 0 Å². The van der Waals surface area contributed by atoms with Gasteiger partial charge in [-0.05, 0) is 29.5 Å². The molecule has 0 aromatic carbocycles. The van der Waals surface area contributed by atoms with Gasteiger partial charge in [0.25, 0.3) is 5.56 Å². The molecule has 0 atom stereocenters. The van der Waals surface area contributed by atoms with E-state index >= 15 is 0 Å². The molecule has 0 saturated carbocycles. The summed E-state index contributed by atoms with van der Waals surface area (Å²) in [4.78, 5) is 15.5. The number of aryl methyl sites for hydroxylation is 1. The normalized spacial score (nSPS) is 10.2. The zero-order valence-corrected chi connectivity index (χ0v) is 8.91. The third-order valence-corrected chi connectivity index (χ3v) is 2.30. The summed E-state index contributed by atoms with van der Waals surface area (Å²) in [6.45, 7) is 2.80. The van der Waals surface area contributed by atoms with E-state index < -0.39 is 0 Å². The van der Waals surface area contributed by atoms with Crippen molar-refractivity contribution in [2.75, 3.05) is 6.54 Å². The van der Waals surface area contributed by atoms with Gasteiger partial charge in [0.1, 0.15) is 5.82 Å². The maximum atomic E-state index is 11.4. The third-order valence-electron chi connectivity index (χ3n) is 1.56. The molecule has 0 aliphatic heterocycles. The molecule has 0 aliphatic rings. The SMILES string of the molecule is Cc1ncc(I)c(=O)n1CCN. The Hall–Kier alpha value is -0.430. The summed E-state index contributed by atoms with van der Waals surface area (Å²) >= 11 is 1.97. The van der Waals surface area contributed by atoms with E-state index in [4.69, 9.17) is 5.73 Å². The van der Waals surface area contributed by atoms with Crippen LogP contribution in [0.3, 0.4) is 0 Å². The number of aromatic nitrogens is 2. The molecule has 0 saturated heterocycles. The maximum absolute atomic E-state index is 11.4. The van der Waals surface area contributed by atoms with Gasteiger partial charge in [0.05, 0.1) is 3.57 Å². The van der Waals surface area contributed by atoms with Crippen LogP contribution in [0.5, 0.6) is 0 Å². The van der Waals surface area contributed by atoms with E-state index in [1.165, 1.54) is 0 Å². The molecular weight excluding hydrogens is 269 g/mol. The maximum Gasteiger partial charge on any atom is 0.266 e. The molecule has 0 radical (unpaired) electrons. The molecule has 0 bridgehead atoms. The first-order valence-corrected chi connectivity index (χ1v) is 4.66. The first-order chi connectivity index (χ1) is 5.66.